The van der Waals surface area contributed by atoms with Gasteiger partial charge in [0.2, 0.25) is 0 Å². The summed E-state index contributed by atoms with van der Waals surface area (Å²) in [6.45, 7) is -0.212. The standard InChI is InChI=1S/C26H19F3N2O5/c1-34-25(32)22-23(30-31(24(22)26(33)35-2)17-6-4-3-5-7-17)16-9-11-21(20(29)13-16)36-14-15-8-10-18(27)19(28)12-15/h3-13H,14H2,1-2H3. The lowest BCUT2D eigenvalue weighted by Crippen LogP contribution is -2.15. The molecule has 1 aromatic heterocycles. The highest BCUT2D eigenvalue weighted by Gasteiger charge is 2.31. The van der Waals surface area contributed by atoms with Crippen molar-refractivity contribution in [3.05, 3.63) is 101 Å². The van der Waals surface area contributed by atoms with Gasteiger partial charge in [0, 0.05) is 5.56 Å². The minimum Gasteiger partial charge on any atom is -0.486 e. The van der Waals surface area contributed by atoms with Crippen LogP contribution in [0.4, 0.5) is 13.2 Å². The molecule has 0 radical (unpaired) electrons. The average molecular weight is 496 g/mol. The van der Waals surface area contributed by atoms with Gasteiger partial charge in [0.25, 0.3) is 0 Å². The SMILES string of the molecule is COC(=O)c1c(-c2ccc(OCc3ccc(F)c(F)c3)c(F)c2)nn(-c2ccccc2)c1C(=O)OC. The van der Waals surface area contributed by atoms with E-state index < -0.39 is 29.4 Å². The molecule has 0 saturated heterocycles. The number of benzene rings is 3. The van der Waals surface area contributed by atoms with E-state index in [2.05, 4.69) is 5.10 Å². The summed E-state index contributed by atoms with van der Waals surface area (Å²) in [7, 11) is 2.30. The molecule has 0 bridgehead atoms. The maximum Gasteiger partial charge on any atom is 0.357 e. The highest BCUT2D eigenvalue weighted by Crippen LogP contribution is 2.32. The average Bonchev–Trinajstić information content (AvgIpc) is 3.30. The van der Waals surface area contributed by atoms with Crippen molar-refractivity contribution in [1.82, 2.24) is 9.78 Å². The molecule has 0 saturated carbocycles. The Morgan fingerprint density at radius 3 is 2.19 bits per heavy atom. The Morgan fingerprint density at radius 2 is 1.56 bits per heavy atom. The largest absolute Gasteiger partial charge is 0.486 e. The predicted molar refractivity (Wildman–Crippen MR) is 122 cm³/mol. The number of carbonyl (C=O) groups excluding carboxylic acids is 2. The van der Waals surface area contributed by atoms with E-state index in [1.54, 1.807) is 30.3 Å². The summed E-state index contributed by atoms with van der Waals surface area (Å²) >= 11 is 0. The van der Waals surface area contributed by atoms with Crippen LogP contribution in [0.25, 0.3) is 16.9 Å². The number of para-hydroxylation sites is 1. The third-order valence-electron chi connectivity index (χ3n) is 5.24. The third kappa shape index (κ3) is 4.78. The van der Waals surface area contributed by atoms with Crippen molar-refractivity contribution in [2.24, 2.45) is 0 Å². The maximum absolute atomic E-state index is 15.0. The lowest BCUT2D eigenvalue weighted by molar-refractivity contribution is 0.0549. The quantitative estimate of drug-likeness (QED) is 0.331. The zero-order valence-electron chi connectivity index (χ0n) is 19.1. The summed E-state index contributed by atoms with van der Waals surface area (Å²) in [6.07, 6.45) is 0. The van der Waals surface area contributed by atoms with Gasteiger partial charge in [-0.1, -0.05) is 24.3 Å². The van der Waals surface area contributed by atoms with E-state index in [1.807, 2.05) is 0 Å². The molecule has 0 spiro atoms. The number of rotatable bonds is 7. The molecule has 0 aliphatic heterocycles. The van der Waals surface area contributed by atoms with Gasteiger partial charge in [-0.05, 0) is 48.0 Å². The number of halogens is 3. The molecule has 3 aromatic carbocycles. The van der Waals surface area contributed by atoms with Crippen molar-refractivity contribution < 1.29 is 37.0 Å². The Balaban J connectivity index is 1.75. The normalized spacial score (nSPS) is 10.7. The number of nitrogens with zero attached hydrogens (tertiary/aromatic N) is 2. The molecule has 4 rings (SSSR count). The summed E-state index contributed by atoms with van der Waals surface area (Å²) in [5.74, 6) is -4.73. The van der Waals surface area contributed by atoms with E-state index in [9.17, 15) is 22.8 Å². The first-order chi connectivity index (χ1) is 17.3. The molecule has 10 heteroatoms. The molecule has 184 valence electrons. The van der Waals surface area contributed by atoms with Crippen molar-refractivity contribution in [3.8, 4) is 22.7 Å². The van der Waals surface area contributed by atoms with Crippen molar-refractivity contribution in [1.29, 1.82) is 0 Å². The Morgan fingerprint density at radius 1 is 0.833 bits per heavy atom. The zero-order valence-corrected chi connectivity index (χ0v) is 19.1. The molecule has 0 N–H and O–H groups in total. The fourth-order valence-electron chi connectivity index (χ4n) is 3.51. The first-order valence-electron chi connectivity index (χ1n) is 10.6. The fourth-order valence-corrected chi connectivity index (χ4v) is 3.51. The third-order valence-corrected chi connectivity index (χ3v) is 5.24. The van der Waals surface area contributed by atoms with Crippen LogP contribution in [0.1, 0.15) is 26.4 Å². The maximum atomic E-state index is 15.0. The van der Waals surface area contributed by atoms with Gasteiger partial charge < -0.3 is 14.2 Å². The molecule has 0 aliphatic rings. The lowest BCUT2D eigenvalue weighted by Gasteiger charge is -2.09. The van der Waals surface area contributed by atoms with Crippen LogP contribution in [0.5, 0.6) is 5.75 Å². The van der Waals surface area contributed by atoms with Gasteiger partial charge >= 0.3 is 11.9 Å². The van der Waals surface area contributed by atoms with E-state index in [-0.39, 0.29) is 34.9 Å². The zero-order chi connectivity index (χ0) is 25.8. The number of esters is 2. The van der Waals surface area contributed by atoms with Gasteiger partial charge in [-0.2, -0.15) is 5.10 Å². The molecular formula is C26H19F3N2O5. The van der Waals surface area contributed by atoms with Crippen LogP contribution in [0.3, 0.4) is 0 Å². The second kappa shape index (κ2) is 10.3. The van der Waals surface area contributed by atoms with Gasteiger partial charge in [-0.3, -0.25) is 0 Å². The minimum absolute atomic E-state index is 0.0165. The second-order valence-electron chi connectivity index (χ2n) is 7.49. The van der Waals surface area contributed by atoms with Crippen LogP contribution in [0, 0.1) is 17.5 Å². The Kier molecular flexibility index (Phi) is 7.05. The number of aromatic nitrogens is 2. The van der Waals surface area contributed by atoms with Gasteiger partial charge in [0.15, 0.2) is 28.9 Å². The summed E-state index contributed by atoms with van der Waals surface area (Å²) in [6, 6.07) is 15.6. The topological polar surface area (TPSA) is 79.7 Å². The first-order valence-corrected chi connectivity index (χ1v) is 10.6. The predicted octanol–water partition coefficient (Wildman–Crippen LogP) is 5.11. The molecule has 7 nitrogen and oxygen atoms in total. The number of carbonyl (C=O) groups is 2. The fraction of sp³-hybridized carbons (Fsp3) is 0.115. The minimum atomic E-state index is -1.04. The highest BCUT2D eigenvalue weighted by molar-refractivity contribution is 6.06. The summed E-state index contributed by atoms with van der Waals surface area (Å²) in [5, 5.41) is 4.40. The number of hydrogen-bond acceptors (Lipinski definition) is 6. The van der Waals surface area contributed by atoms with Crippen LogP contribution >= 0.6 is 0 Å². The monoisotopic (exact) mass is 496 g/mol. The highest BCUT2D eigenvalue weighted by atomic mass is 19.2. The molecule has 0 fully saturated rings. The molecule has 1 heterocycles. The molecule has 36 heavy (non-hydrogen) atoms. The summed E-state index contributed by atoms with van der Waals surface area (Å²) in [5.41, 5.74) is 0.508. The van der Waals surface area contributed by atoms with E-state index in [1.165, 1.54) is 22.9 Å². The van der Waals surface area contributed by atoms with Crippen LogP contribution in [0.2, 0.25) is 0 Å². The van der Waals surface area contributed by atoms with Gasteiger partial charge in [0.1, 0.15) is 17.9 Å². The van der Waals surface area contributed by atoms with E-state index >= 15 is 0 Å². The number of ether oxygens (including phenoxy) is 3. The summed E-state index contributed by atoms with van der Waals surface area (Å²) < 4.78 is 57.8. The molecular weight excluding hydrogens is 477 g/mol. The van der Waals surface area contributed by atoms with Crippen molar-refractivity contribution in [2.45, 2.75) is 6.61 Å². The summed E-state index contributed by atoms with van der Waals surface area (Å²) in [4.78, 5) is 25.3. The number of methoxy groups -OCH3 is 2. The Labute approximate surface area is 203 Å². The van der Waals surface area contributed by atoms with Gasteiger partial charge in [0.05, 0.1) is 19.9 Å². The Bertz CT molecular complexity index is 1440. The molecule has 4 aromatic rings. The molecule has 0 unspecified atom stereocenters. The van der Waals surface area contributed by atoms with Crippen molar-refractivity contribution in [3.63, 3.8) is 0 Å². The first kappa shape index (κ1) is 24.5. The smallest absolute Gasteiger partial charge is 0.357 e. The molecule has 0 amide bonds. The second-order valence-corrected chi connectivity index (χ2v) is 7.49. The van der Waals surface area contributed by atoms with E-state index in [0.29, 0.717) is 11.3 Å². The van der Waals surface area contributed by atoms with Crippen LogP contribution in [0.15, 0.2) is 66.7 Å². The lowest BCUT2D eigenvalue weighted by atomic mass is 10.1. The van der Waals surface area contributed by atoms with Crippen molar-refractivity contribution >= 4 is 11.9 Å². The van der Waals surface area contributed by atoms with Gasteiger partial charge in [-0.15, -0.1) is 0 Å². The van der Waals surface area contributed by atoms with Crippen LogP contribution < -0.4 is 4.74 Å². The van der Waals surface area contributed by atoms with E-state index in [0.717, 1.165) is 32.4 Å². The van der Waals surface area contributed by atoms with Gasteiger partial charge in [-0.25, -0.2) is 27.4 Å². The van der Waals surface area contributed by atoms with Crippen LogP contribution in [-0.4, -0.2) is 35.9 Å². The van der Waals surface area contributed by atoms with Crippen molar-refractivity contribution in [2.75, 3.05) is 14.2 Å². The molecule has 0 atom stereocenters. The Hall–Kier alpha value is -4.60. The molecule has 0 aliphatic carbocycles. The number of hydrogen-bond donors (Lipinski definition) is 0. The van der Waals surface area contributed by atoms with Crippen LogP contribution in [-0.2, 0) is 16.1 Å². The van der Waals surface area contributed by atoms with E-state index in [4.69, 9.17) is 14.2 Å².